The molecule has 18 heavy (non-hydrogen) atoms. The average Bonchev–Trinajstić information content (AvgIpc) is 2.33. The van der Waals surface area contributed by atoms with Gasteiger partial charge in [0.1, 0.15) is 5.75 Å². The van der Waals surface area contributed by atoms with Gasteiger partial charge in [-0.2, -0.15) is 0 Å². The van der Waals surface area contributed by atoms with Crippen molar-refractivity contribution in [1.29, 1.82) is 0 Å². The Kier molecular flexibility index (Phi) is 6.99. The van der Waals surface area contributed by atoms with Gasteiger partial charge < -0.3 is 10.4 Å². The monoisotopic (exact) mass is 397 g/mol. The molecule has 0 unspecified atom stereocenters. The van der Waals surface area contributed by atoms with E-state index in [0.29, 0.717) is 11.8 Å². The van der Waals surface area contributed by atoms with Crippen LogP contribution in [0.3, 0.4) is 0 Å². The van der Waals surface area contributed by atoms with E-state index < -0.39 is 0 Å². The molecule has 0 atom stereocenters. The van der Waals surface area contributed by atoms with Gasteiger partial charge in [-0.1, -0.05) is 35.2 Å². The zero-order valence-corrected chi connectivity index (χ0v) is 14.1. The molecule has 1 aliphatic rings. The van der Waals surface area contributed by atoms with Gasteiger partial charge in [0.25, 0.3) is 0 Å². The molecule has 2 rings (SSSR count). The van der Waals surface area contributed by atoms with Gasteiger partial charge in [0.15, 0.2) is 0 Å². The van der Waals surface area contributed by atoms with Crippen LogP contribution in [0.1, 0.15) is 37.7 Å². The highest BCUT2D eigenvalue weighted by molar-refractivity contribution is 9.11. The summed E-state index contributed by atoms with van der Waals surface area (Å²) < 4.78 is 1.73. The van der Waals surface area contributed by atoms with Crippen LogP contribution in [0, 0.1) is 0 Å². The van der Waals surface area contributed by atoms with Gasteiger partial charge in [0.2, 0.25) is 0 Å². The van der Waals surface area contributed by atoms with Crippen molar-refractivity contribution in [3.8, 4) is 5.75 Å². The molecule has 102 valence electrons. The number of phenolic OH excluding ortho intramolecular Hbond substituents is 1. The number of hydrogen-bond acceptors (Lipinski definition) is 2. The Morgan fingerprint density at radius 2 is 1.83 bits per heavy atom. The third kappa shape index (κ3) is 4.41. The topological polar surface area (TPSA) is 32.3 Å². The number of hydrogen-bond donors (Lipinski definition) is 2. The quantitative estimate of drug-likeness (QED) is 0.768. The molecular formula is C13H18Br2ClNO. The van der Waals surface area contributed by atoms with E-state index in [2.05, 4.69) is 37.2 Å². The highest BCUT2D eigenvalue weighted by Crippen LogP contribution is 2.31. The van der Waals surface area contributed by atoms with Crippen LogP contribution in [0.5, 0.6) is 5.75 Å². The van der Waals surface area contributed by atoms with Gasteiger partial charge in [-0.3, -0.25) is 0 Å². The van der Waals surface area contributed by atoms with E-state index in [1.54, 1.807) is 0 Å². The minimum atomic E-state index is 0. The summed E-state index contributed by atoms with van der Waals surface area (Å²) in [6, 6.07) is 4.44. The fraction of sp³-hybridized carbons (Fsp3) is 0.538. The third-order valence-corrected chi connectivity index (χ3v) is 4.36. The Hall–Kier alpha value is 0.230. The van der Waals surface area contributed by atoms with E-state index in [4.69, 9.17) is 0 Å². The Balaban J connectivity index is 0.00000162. The molecule has 0 bridgehead atoms. The average molecular weight is 400 g/mol. The molecule has 0 spiro atoms. The van der Waals surface area contributed by atoms with Gasteiger partial charge in [0, 0.05) is 22.6 Å². The maximum absolute atomic E-state index is 9.94. The molecule has 0 radical (unpaired) electrons. The summed E-state index contributed by atoms with van der Waals surface area (Å²) in [4.78, 5) is 0. The lowest BCUT2D eigenvalue weighted by Gasteiger charge is -2.23. The number of benzene rings is 1. The van der Waals surface area contributed by atoms with Crippen molar-refractivity contribution in [2.24, 2.45) is 0 Å². The standard InChI is InChI=1S/C13H17Br2NO.ClH/c14-10-6-9(13(17)12(15)7-10)8-16-11-4-2-1-3-5-11;/h6-7,11,16-17H,1-5,8H2;1H. The van der Waals surface area contributed by atoms with Gasteiger partial charge in [-0.05, 0) is 40.9 Å². The smallest absolute Gasteiger partial charge is 0.134 e. The van der Waals surface area contributed by atoms with Crippen LogP contribution < -0.4 is 5.32 Å². The molecule has 0 aliphatic heterocycles. The van der Waals surface area contributed by atoms with Crippen LogP contribution in [-0.4, -0.2) is 11.1 Å². The highest BCUT2D eigenvalue weighted by Gasteiger charge is 2.14. The summed E-state index contributed by atoms with van der Waals surface area (Å²) in [5.41, 5.74) is 0.942. The molecule has 1 fully saturated rings. The lowest BCUT2D eigenvalue weighted by atomic mass is 9.95. The molecule has 0 aromatic heterocycles. The lowest BCUT2D eigenvalue weighted by molar-refractivity contribution is 0.368. The van der Waals surface area contributed by atoms with Crippen LogP contribution in [0.15, 0.2) is 21.1 Å². The first-order valence-electron chi connectivity index (χ1n) is 6.07. The second kappa shape index (κ2) is 7.73. The van der Waals surface area contributed by atoms with Crippen LogP contribution in [-0.2, 0) is 6.54 Å². The Bertz CT molecular complexity index is 395. The Morgan fingerprint density at radius 3 is 2.50 bits per heavy atom. The summed E-state index contributed by atoms with van der Waals surface area (Å²) in [5, 5.41) is 13.5. The molecule has 2 nitrogen and oxygen atoms in total. The molecule has 1 saturated carbocycles. The predicted molar refractivity (Wildman–Crippen MR) is 84.5 cm³/mol. The van der Waals surface area contributed by atoms with Gasteiger partial charge >= 0.3 is 0 Å². The molecule has 1 aromatic rings. The van der Waals surface area contributed by atoms with Crippen molar-refractivity contribution in [1.82, 2.24) is 5.32 Å². The van der Waals surface area contributed by atoms with E-state index in [0.717, 1.165) is 21.1 Å². The fourth-order valence-corrected chi connectivity index (χ4v) is 3.63. The normalized spacial score (nSPS) is 16.3. The van der Waals surface area contributed by atoms with E-state index in [1.807, 2.05) is 12.1 Å². The number of phenols is 1. The minimum absolute atomic E-state index is 0. The largest absolute Gasteiger partial charge is 0.506 e. The van der Waals surface area contributed by atoms with Crippen LogP contribution >= 0.6 is 44.3 Å². The number of halogens is 3. The molecule has 0 saturated heterocycles. The second-order valence-corrected chi connectivity index (χ2v) is 6.38. The molecule has 0 amide bonds. The van der Waals surface area contributed by atoms with Crippen LogP contribution in [0.2, 0.25) is 0 Å². The lowest BCUT2D eigenvalue weighted by Crippen LogP contribution is -2.30. The van der Waals surface area contributed by atoms with Crippen molar-refractivity contribution in [2.45, 2.75) is 44.7 Å². The Morgan fingerprint density at radius 1 is 1.17 bits per heavy atom. The Labute approximate surface area is 131 Å². The van der Waals surface area contributed by atoms with Gasteiger partial charge in [-0.25, -0.2) is 0 Å². The molecule has 2 N–H and O–H groups in total. The van der Waals surface area contributed by atoms with Crippen molar-refractivity contribution in [3.05, 3.63) is 26.6 Å². The first-order chi connectivity index (χ1) is 8.16. The number of rotatable bonds is 3. The van der Waals surface area contributed by atoms with E-state index in [9.17, 15) is 5.11 Å². The first-order valence-corrected chi connectivity index (χ1v) is 7.65. The zero-order chi connectivity index (χ0) is 12.3. The van der Waals surface area contributed by atoms with E-state index >= 15 is 0 Å². The molecular weight excluding hydrogens is 381 g/mol. The first kappa shape index (κ1) is 16.3. The van der Waals surface area contributed by atoms with Crippen molar-refractivity contribution >= 4 is 44.3 Å². The van der Waals surface area contributed by atoms with Crippen LogP contribution in [0.25, 0.3) is 0 Å². The predicted octanol–water partition coefficient (Wildman–Crippen LogP) is 4.76. The van der Waals surface area contributed by atoms with E-state index in [1.165, 1.54) is 32.1 Å². The second-order valence-electron chi connectivity index (χ2n) is 4.61. The van der Waals surface area contributed by atoms with Gasteiger partial charge in [-0.15, -0.1) is 12.4 Å². The highest BCUT2D eigenvalue weighted by atomic mass is 79.9. The van der Waals surface area contributed by atoms with Crippen LogP contribution in [0.4, 0.5) is 0 Å². The molecule has 5 heteroatoms. The summed E-state index contributed by atoms with van der Waals surface area (Å²) in [5.74, 6) is 0.344. The summed E-state index contributed by atoms with van der Waals surface area (Å²) in [6.45, 7) is 0.731. The fourth-order valence-electron chi connectivity index (χ4n) is 2.32. The third-order valence-electron chi connectivity index (χ3n) is 3.29. The summed E-state index contributed by atoms with van der Waals surface area (Å²) in [6.07, 6.45) is 6.54. The zero-order valence-electron chi connectivity index (χ0n) is 10.1. The van der Waals surface area contributed by atoms with Crippen molar-refractivity contribution < 1.29 is 5.11 Å². The van der Waals surface area contributed by atoms with Crippen molar-refractivity contribution in [3.63, 3.8) is 0 Å². The summed E-state index contributed by atoms with van der Waals surface area (Å²) in [7, 11) is 0. The SMILES string of the molecule is Cl.Oc1c(Br)cc(Br)cc1CNC1CCCCC1. The van der Waals surface area contributed by atoms with Crippen molar-refractivity contribution in [2.75, 3.05) is 0 Å². The van der Waals surface area contributed by atoms with E-state index in [-0.39, 0.29) is 12.4 Å². The molecule has 1 aromatic carbocycles. The number of aromatic hydroxyl groups is 1. The maximum atomic E-state index is 9.94. The summed E-state index contributed by atoms with van der Waals surface area (Å²) >= 11 is 6.80. The number of nitrogens with one attached hydrogen (secondary N) is 1. The maximum Gasteiger partial charge on any atom is 0.134 e. The minimum Gasteiger partial charge on any atom is -0.506 e. The van der Waals surface area contributed by atoms with Gasteiger partial charge in [0.05, 0.1) is 4.47 Å². The molecule has 1 aliphatic carbocycles. The molecule has 0 heterocycles.